The van der Waals surface area contributed by atoms with Crippen LogP contribution in [0, 0.1) is 0 Å². The molecule has 2 atom stereocenters. The van der Waals surface area contributed by atoms with Gasteiger partial charge in [-0.15, -0.1) is 23.1 Å². The van der Waals surface area contributed by atoms with E-state index in [0.717, 1.165) is 27.8 Å². The Labute approximate surface area is 361 Å². The summed E-state index contributed by atoms with van der Waals surface area (Å²) in [5, 5.41) is 12.2. The number of nitrogens with zero attached hydrogens (tertiary/aromatic N) is 3. The number of aromatic nitrogens is 1. The highest BCUT2D eigenvalue weighted by atomic mass is 32.2. The first kappa shape index (κ1) is 40.9. The van der Waals surface area contributed by atoms with Crippen molar-refractivity contribution in [1.29, 1.82) is 0 Å². The van der Waals surface area contributed by atoms with Crippen molar-refractivity contribution < 1.29 is 28.8 Å². The van der Waals surface area contributed by atoms with Crippen molar-refractivity contribution in [1.82, 2.24) is 15.2 Å². The number of hydrogen-bond acceptors (Lipinski definition) is 11. The highest BCUT2D eigenvalue weighted by molar-refractivity contribution is 8.00. The molecule has 0 radical (unpaired) electrons. The van der Waals surface area contributed by atoms with Gasteiger partial charge < -0.3 is 20.2 Å². The van der Waals surface area contributed by atoms with Gasteiger partial charge in [0.05, 0.1) is 0 Å². The summed E-state index contributed by atoms with van der Waals surface area (Å²) in [6.07, 6.45) is -0.804. The maximum Gasteiger partial charge on any atom is 0.356 e. The maximum absolute atomic E-state index is 14.2. The summed E-state index contributed by atoms with van der Waals surface area (Å²) >= 11 is 2.65. The normalized spacial score (nSPS) is 16.3. The molecule has 1 aromatic heterocycles. The number of thiazole rings is 1. The second-order valence-electron chi connectivity index (χ2n) is 14.4. The van der Waals surface area contributed by atoms with Gasteiger partial charge in [0.25, 0.3) is 11.8 Å². The molecule has 2 N–H and O–H groups in total. The summed E-state index contributed by atoms with van der Waals surface area (Å²) in [6, 6.07) is 47.8. The Morgan fingerprint density at radius 3 is 1.80 bits per heavy atom. The standard InChI is InChI=1S/C48H41N5O6S2/c1-31(54)28-34-29-60-45-40(44(56)53(45)41(34)46(57)59-42(32-18-8-3-9-19-32)33-20-10-4-11-21-33)50-43(55)39(52-58-2)38-30-61-47(49-38)51-48(35-22-12-5-13-23-35,36-24-14-6-15-25-36)37-26-16-7-17-27-37/h3-27,30,40,42,45H,28-29H2,1-2H3,(H,49,51)(H,50,55). The van der Waals surface area contributed by atoms with Gasteiger partial charge in [0.2, 0.25) is 0 Å². The van der Waals surface area contributed by atoms with Crippen molar-refractivity contribution in [2.75, 3.05) is 18.2 Å². The highest BCUT2D eigenvalue weighted by Crippen LogP contribution is 2.43. The first-order valence-electron chi connectivity index (χ1n) is 19.6. The van der Waals surface area contributed by atoms with Gasteiger partial charge in [0, 0.05) is 17.6 Å². The number of nitrogens with one attached hydrogen (secondary N) is 2. The number of carbonyl (C=O) groups is 4. The Morgan fingerprint density at radius 2 is 1.31 bits per heavy atom. The number of anilines is 1. The van der Waals surface area contributed by atoms with Crippen LogP contribution in [0.4, 0.5) is 5.13 Å². The molecule has 1 fully saturated rings. The first-order valence-corrected chi connectivity index (χ1v) is 21.5. The molecular weight excluding hydrogens is 807 g/mol. The minimum atomic E-state index is -1.02. The third-order valence-corrected chi connectivity index (χ3v) is 12.6. The third-order valence-electron chi connectivity index (χ3n) is 10.5. The monoisotopic (exact) mass is 847 g/mol. The van der Waals surface area contributed by atoms with Crippen molar-refractivity contribution in [3.63, 3.8) is 0 Å². The number of rotatable bonds is 15. The van der Waals surface area contributed by atoms with E-state index in [-0.39, 0.29) is 35.1 Å². The lowest BCUT2D eigenvalue weighted by atomic mass is 9.77. The van der Waals surface area contributed by atoms with Gasteiger partial charge in [-0.3, -0.25) is 19.3 Å². The summed E-state index contributed by atoms with van der Waals surface area (Å²) in [6.45, 7) is 1.44. The van der Waals surface area contributed by atoms with Crippen LogP contribution in [-0.2, 0) is 34.3 Å². The number of oxime groups is 1. The number of esters is 1. The zero-order valence-electron chi connectivity index (χ0n) is 33.3. The van der Waals surface area contributed by atoms with Crippen molar-refractivity contribution >= 4 is 57.5 Å². The predicted octanol–water partition coefficient (Wildman–Crippen LogP) is 7.86. The van der Waals surface area contributed by atoms with Crippen molar-refractivity contribution in [2.45, 2.75) is 36.4 Å². The van der Waals surface area contributed by atoms with Gasteiger partial charge in [0.15, 0.2) is 16.9 Å². The Balaban J connectivity index is 1.05. The number of amides is 2. The molecule has 306 valence electrons. The van der Waals surface area contributed by atoms with E-state index in [0.29, 0.717) is 10.7 Å². The van der Waals surface area contributed by atoms with E-state index in [4.69, 9.17) is 14.6 Å². The van der Waals surface area contributed by atoms with E-state index >= 15 is 0 Å². The molecule has 0 spiro atoms. The number of Topliss-reactive ketones (excluding diaryl/α,β-unsaturated/α-hetero) is 1. The molecule has 2 unspecified atom stereocenters. The lowest BCUT2D eigenvalue weighted by molar-refractivity contribution is -0.154. The average molecular weight is 848 g/mol. The van der Waals surface area contributed by atoms with E-state index in [9.17, 15) is 19.2 Å². The van der Waals surface area contributed by atoms with Crippen LogP contribution in [0.3, 0.4) is 0 Å². The Hall–Kier alpha value is -6.83. The number of carbonyl (C=O) groups excluding carboxylic acids is 4. The molecule has 11 nitrogen and oxygen atoms in total. The summed E-state index contributed by atoms with van der Waals surface area (Å²) in [4.78, 5) is 66.1. The number of β-lactam (4-membered cyclic amide) rings is 1. The number of fused-ring (bicyclic) bond motifs is 1. The fourth-order valence-corrected chi connectivity index (χ4v) is 9.84. The van der Waals surface area contributed by atoms with E-state index in [2.05, 4.69) is 52.2 Å². The van der Waals surface area contributed by atoms with Gasteiger partial charge in [-0.1, -0.05) is 157 Å². The predicted molar refractivity (Wildman–Crippen MR) is 237 cm³/mol. The van der Waals surface area contributed by atoms with Crippen LogP contribution < -0.4 is 10.6 Å². The minimum Gasteiger partial charge on any atom is -0.448 e. The Bertz CT molecular complexity index is 2450. The second-order valence-corrected chi connectivity index (χ2v) is 16.4. The highest BCUT2D eigenvalue weighted by Gasteiger charge is 2.55. The van der Waals surface area contributed by atoms with Crippen LogP contribution in [0.5, 0.6) is 0 Å². The smallest absolute Gasteiger partial charge is 0.356 e. The number of ketones is 1. The van der Waals surface area contributed by atoms with Gasteiger partial charge >= 0.3 is 5.97 Å². The first-order chi connectivity index (χ1) is 29.8. The topological polar surface area (TPSA) is 139 Å². The number of thioether (sulfide) groups is 1. The zero-order valence-corrected chi connectivity index (χ0v) is 34.9. The SMILES string of the molecule is CON=C(C(=O)NC1C(=O)N2C(C(=O)OC(c3ccccc3)c3ccccc3)=C(CC(C)=O)CSC12)c1csc(NC(c2ccccc2)(c2ccccc2)c2ccccc2)n1. The van der Waals surface area contributed by atoms with E-state index < -0.39 is 40.8 Å². The molecule has 0 saturated carbocycles. The van der Waals surface area contributed by atoms with Crippen molar-refractivity contribution in [3.05, 3.63) is 202 Å². The van der Waals surface area contributed by atoms with E-state index in [1.54, 1.807) is 5.38 Å². The molecule has 13 heteroatoms. The molecule has 0 bridgehead atoms. The fraction of sp³-hybridized carbons (Fsp3) is 0.167. The van der Waals surface area contributed by atoms with Gasteiger partial charge in [-0.05, 0) is 40.3 Å². The quantitative estimate of drug-likeness (QED) is 0.0348. The third kappa shape index (κ3) is 8.34. The van der Waals surface area contributed by atoms with Crippen LogP contribution in [0.1, 0.15) is 53.0 Å². The van der Waals surface area contributed by atoms with Crippen LogP contribution >= 0.6 is 23.1 Å². The number of hydrogen-bond donors (Lipinski definition) is 2. The van der Waals surface area contributed by atoms with Crippen LogP contribution in [0.25, 0.3) is 0 Å². The summed E-state index contributed by atoms with van der Waals surface area (Å²) in [7, 11) is 1.33. The molecule has 61 heavy (non-hydrogen) atoms. The number of ether oxygens (including phenoxy) is 1. The summed E-state index contributed by atoms with van der Waals surface area (Å²) in [5.41, 5.74) is 4.16. The van der Waals surface area contributed by atoms with Gasteiger partial charge in [-0.2, -0.15) is 0 Å². The molecule has 2 amide bonds. The largest absolute Gasteiger partial charge is 0.448 e. The molecule has 5 aromatic carbocycles. The molecule has 0 aliphatic carbocycles. The fourth-order valence-electron chi connectivity index (χ4n) is 7.74. The van der Waals surface area contributed by atoms with Crippen molar-refractivity contribution in [2.24, 2.45) is 5.16 Å². The van der Waals surface area contributed by atoms with E-state index in [1.165, 1.54) is 42.0 Å². The molecule has 3 heterocycles. The number of benzene rings is 5. The van der Waals surface area contributed by atoms with E-state index in [1.807, 2.05) is 115 Å². The average Bonchev–Trinajstić information content (AvgIpc) is 3.77. The Kier molecular flexibility index (Phi) is 12.2. The maximum atomic E-state index is 14.2. The van der Waals surface area contributed by atoms with Crippen LogP contribution in [0.15, 0.2) is 173 Å². The Morgan fingerprint density at radius 1 is 0.803 bits per heavy atom. The van der Waals surface area contributed by atoms with Crippen LogP contribution in [-0.4, -0.2) is 63.4 Å². The molecular formula is C48H41N5O6S2. The van der Waals surface area contributed by atoms with Crippen LogP contribution in [0.2, 0.25) is 0 Å². The van der Waals surface area contributed by atoms with Gasteiger partial charge in [-0.25, -0.2) is 9.78 Å². The minimum absolute atomic E-state index is 0.0195. The summed E-state index contributed by atoms with van der Waals surface area (Å²) < 4.78 is 6.19. The molecule has 6 aromatic rings. The molecule has 2 aliphatic rings. The lowest BCUT2D eigenvalue weighted by Crippen LogP contribution is -2.71. The van der Waals surface area contributed by atoms with Gasteiger partial charge in [0.1, 0.15) is 41.2 Å². The summed E-state index contributed by atoms with van der Waals surface area (Å²) in [5.74, 6) is -1.83. The molecule has 1 saturated heterocycles. The zero-order chi connectivity index (χ0) is 42.3. The lowest BCUT2D eigenvalue weighted by Gasteiger charge is -2.49. The molecule has 8 rings (SSSR count). The molecule has 2 aliphatic heterocycles. The second kappa shape index (κ2) is 18.2. The van der Waals surface area contributed by atoms with Crippen molar-refractivity contribution in [3.8, 4) is 0 Å².